The van der Waals surface area contributed by atoms with Crippen molar-refractivity contribution in [2.45, 2.75) is 6.54 Å². The number of amides is 1. The molecule has 0 atom stereocenters. The van der Waals surface area contributed by atoms with Crippen LogP contribution in [-0.2, 0) is 6.54 Å². The Kier molecular flexibility index (Phi) is 3.15. The minimum Gasteiger partial charge on any atom is -0.319 e. The van der Waals surface area contributed by atoms with Gasteiger partial charge >= 0.3 is 0 Å². The molecule has 0 saturated carbocycles. The van der Waals surface area contributed by atoms with Crippen LogP contribution in [0, 0.1) is 0 Å². The quantitative estimate of drug-likeness (QED) is 0.694. The Labute approximate surface area is 113 Å². The Morgan fingerprint density at radius 2 is 2.15 bits per heavy atom. The number of hydrogen-bond acceptors (Lipinski definition) is 6. The SMILES string of the molecule is O=C(Nc1ccc(Cn2cncn2)cc1)c1nn[nH]n1. The number of benzene rings is 1. The number of aromatic amines is 1. The third kappa shape index (κ3) is 2.66. The lowest BCUT2D eigenvalue weighted by molar-refractivity contribution is 0.101. The van der Waals surface area contributed by atoms with Crippen molar-refractivity contribution >= 4 is 11.6 Å². The van der Waals surface area contributed by atoms with E-state index >= 15 is 0 Å². The third-order valence-corrected chi connectivity index (χ3v) is 2.57. The molecule has 0 spiro atoms. The minimum absolute atomic E-state index is 0.00306. The Balaban J connectivity index is 1.65. The lowest BCUT2D eigenvalue weighted by atomic mass is 10.2. The molecule has 2 N–H and O–H groups in total. The number of tetrazole rings is 1. The van der Waals surface area contributed by atoms with Crippen molar-refractivity contribution in [1.82, 2.24) is 35.4 Å². The summed E-state index contributed by atoms with van der Waals surface area (Å²) in [5.41, 5.74) is 1.70. The molecule has 9 heteroatoms. The largest absolute Gasteiger partial charge is 0.319 e. The number of hydrogen-bond donors (Lipinski definition) is 2. The van der Waals surface area contributed by atoms with Gasteiger partial charge in [-0.25, -0.2) is 9.67 Å². The molecule has 0 radical (unpaired) electrons. The molecule has 9 nitrogen and oxygen atoms in total. The second-order valence-electron chi connectivity index (χ2n) is 3.98. The van der Waals surface area contributed by atoms with Gasteiger partial charge in [-0.05, 0) is 22.9 Å². The zero-order valence-electron chi connectivity index (χ0n) is 10.3. The summed E-state index contributed by atoms with van der Waals surface area (Å²) >= 11 is 0. The van der Waals surface area contributed by atoms with E-state index in [0.29, 0.717) is 12.2 Å². The number of carbonyl (C=O) groups is 1. The standard InChI is InChI=1S/C11H10N8O/c20-11(10-15-17-18-16-10)14-9-3-1-8(2-4-9)5-19-7-12-6-13-19/h1-4,6-7H,5H2,(H,14,20)(H,15,16,17,18). The molecular formula is C11H10N8O. The molecule has 2 aromatic heterocycles. The van der Waals surface area contributed by atoms with Crippen molar-refractivity contribution in [2.75, 3.05) is 5.32 Å². The fourth-order valence-corrected chi connectivity index (χ4v) is 1.64. The highest BCUT2D eigenvalue weighted by molar-refractivity contribution is 6.01. The molecule has 0 aliphatic rings. The van der Waals surface area contributed by atoms with Crippen molar-refractivity contribution in [3.8, 4) is 0 Å². The van der Waals surface area contributed by atoms with E-state index in [-0.39, 0.29) is 5.82 Å². The van der Waals surface area contributed by atoms with E-state index in [1.54, 1.807) is 23.1 Å². The summed E-state index contributed by atoms with van der Waals surface area (Å²) in [6.45, 7) is 0.624. The Morgan fingerprint density at radius 1 is 1.30 bits per heavy atom. The molecule has 20 heavy (non-hydrogen) atoms. The zero-order chi connectivity index (χ0) is 13.8. The first-order valence-electron chi connectivity index (χ1n) is 5.77. The highest BCUT2D eigenvalue weighted by Gasteiger charge is 2.10. The van der Waals surface area contributed by atoms with Gasteiger partial charge in [0.1, 0.15) is 12.7 Å². The number of aromatic nitrogens is 7. The lowest BCUT2D eigenvalue weighted by Gasteiger charge is -2.04. The highest BCUT2D eigenvalue weighted by atomic mass is 16.2. The maximum absolute atomic E-state index is 11.7. The molecule has 0 aliphatic carbocycles. The van der Waals surface area contributed by atoms with Gasteiger partial charge in [0.25, 0.3) is 11.7 Å². The van der Waals surface area contributed by atoms with Crippen LogP contribution >= 0.6 is 0 Å². The second kappa shape index (κ2) is 5.26. The topological polar surface area (TPSA) is 114 Å². The predicted octanol–water partition coefficient (Wildman–Crippen LogP) is 0.0918. The van der Waals surface area contributed by atoms with Gasteiger partial charge in [0.05, 0.1) is 6.54 Å². The highest BCUT2D eigenvalue weighted by Crippen LogP contribution is 2.11. The number of nitrogens with zero attached hydrogens (tertiary/aromatic N) is 6. The van der Waals surface area contributed by atoms with E-state index < -0.39 is 5.91 Å². The second-order valence-corrected chi connectivity index (χ2v) is 3.98. The number of nitrogens with one attached hydrogen (secondary N) is 2. The number of anilines is 1. The summed E-state index contributed by atoms with van der Waals surface area (Å²) in [4.78, 5) is 15.6. The number of H-pyrrole nitrogens is 1. The van der Waals surface area contributed by atoms with Gasteiger partial charge < -0.3 is 5.32 Å². The maximum Gasteiger partial charge on any atom is 0.297 e. The first-order valence-corrected chi connectivity index (χ1v) is 5.77. The van der Waals surface area contributed by atoms with Crippen LogP contribution in [0.1, 0.15) is 16.2 Å². The van der Waals surface area contributed by atoms with Gasteiger partial charge in [0.15, 0.2) is 0 Å². The first-order chi connectivity index (χ1) is 9.81. The van der Waals surface area contributed by atoms with E-state index in [1.807, 2.05) is 12.1 Å². The van der Waals surface area contributed by atoms with Crippen LogP contribution in [0.5, 0.6) is 0 Å². The third-order valence-electron chi connectivity index (χ3n) is 2.57. The van der Waals surface area contributed by atoms with Gasteiger partial charge in [-0.3, -0.25) is 4.79 Å². The molecule has 3 rings (SSSR count). The van der Waals surface area contributed by atoms with Crippen LogP contribution in [0.2, 0.25) is 0 Å². The van der Waals surface area contributed by atoms with Gasteiger partial charge in [0, 0.05) is 5.69 Å². The average molecular weight is 270 g/mol. The molecule has 3 aromatic rings. The van der Waals surface area contributed by atoms with Crippen molar-refractivity contribution < 1.29 is 4.79 Å². The fourth-order valence-electron chi connectivity index (χ4n) is 1.64. The Bertz CT molecular complexity index is 674. The molecule has 100 valence electrons. The first kappa shape index (κ1) is 12.0. The summed E-state index contributed by atoms with van der Waals surface area (Å²) in [5, 5.41) is 19.5. The Morgan fingerprint density at radius 3 is 2.80 bits per heavy atom. The van der Waals surface area contributed by atoms with E-state index in [1.165, 1.54) is 6.33 Å². The molecule has 0 fully saturated rings. The predicted molar refractivity (Wildman–Crippen MR) is 67.7 cm³/mol. The van der Waals surface area contributed by atoms with Crippen LogP contribution in [-0.4, -0.2) is 41.3 Å². The molecule has 0 bridgehead atoms. The van der Waals surface area contributed by atoms with Crippen molar-refractivity contribution in [3.05, 3.63) is 48.3 Å². The van der Waals surface area contributed by atoms with E-state index in [0.717, 1.165) is 5.56 Å². The van der Waals surface area contributed by atoms with Gasteiger partial charge in [0.2, 0.25) is 0 Å². The summed E-state index contributed by atoms with van der Waals surface area (Å²) in [5.74, 6) is -0.417. The summed E-state index contributed by atoms with van der Waals surface area (Å²) in [7, 11) is 0. The van der Waals surface area contributed by atoms with Gasteiger partial charge in [-0.1, -0.05) is 12.1 Å². The van der Waals surface area contributed by atoms with Crippen LogP contribution in [0.15, 0.2) is 36.9 Å². The van der Waals surface area contributed by atoms with Crippen LogP contribution in [0.3, 0.4) is 0 Å². The van der Waals surface area contributed by atoms with E-state index in [2.05, 4.69) is 36.0 Å². The smallest absolute Gasteiger partial charge is 0.297 e. The zero-order valence-corrected chi connectivity index (χ0v) is 10.3. The average Bonchev–Trinajstić information content (AvgIpc) is 3.13. The summed E-state index contributed by atoms with van der Waals surface area (Å²) in [6, 6.07) is 7.38. The maximum atomic E-state index is 11.7. The summed E-state index contributed by atoms with van der Waals surface area (Å²) in [6.07, 6.45) is 3.13. The number of carbonyl (C=O) groups excluding carboxylic acids is 1. The normalized spacial score (nSPS) is 10.4. The minimum atomic E-state index is -0.414. The van der Waals surface area contributed by atoms with Crippen LogP contribution < -0.4 is 5.32 Å². The molecule has 1 aromatic carbocycles. The summed E-state index contributed by atoms with van der Waals surface area (Å²) < 4.78 is 1.72. The molecule has 2 heterocycles. The van der Waals surface area contributed by atoms with Crippen LogP contribution in [0.25, 0.3) is 0 Å². The molecule has 0 unspecified atom stereocenters. The fraction of sp³-hybridized carbons (Fsp3) is 0.0909. The van der Waals surface area contributed by atoms with Crippen molar-refractivity contribution in [1.29, 1.82) is 0 Å². The van der Waals surface area contributed by atoms with Crippen molar-refractivity contribution in [3.63, 3.8) is 0 Å². The molecule has 0 saturated heterocycles. The number of rotatable bonds is 4. The molecule has 1 amide bonds. The van der Waals surface area contributed by atoms with E-state index in [9.17, 15) is 4.79 Å². The van der Waals surface area contributed by atoms with Crippen molar-refractivity contribution in [2.24, 2.45) is 0 Å². The molecular weight excluding hydrogens is 260 g/mol. The lowest BCUT2D eigenvalue weighted by Crippen LogP contribution is -2.13. The monoisotopic (exact) mass is 270 g/mol. The Hall–Kier alpha value is -3.10. The van der Waals surface area contributed by atoms with Gasteiger partial charge in [-0.15, -0.1) is 10.2 Å². The van der Waals surface area contributed by atoms with Gasteiger partial charge in [-0.2, -0.15) is 10.3 Å². The molecule has 0 aliphatic heterocycles. The van der Waals surface area contributed by atoms with Crippen LogP contribution in [0.4, 0.5) is 5.69 Å². The van der Waals surface area contributed by atoms with E-state index in [4.69, 9.17) is 0 Å².